The van der Waals surface area contributed by atoms with Crippen molar-refractivity contribution in [3.05, 3.63) is 60.3 Å². The molecule has 0 aliphatic rings. The average molecular weight is 235 g/mol. The number of nitrogens with one attached hydrogen (secondary N) is 1. The number of aryl methyl sites for hydroxylation is 1. The quantitative estimate of drug-likeness (QED) is 0.736. The first-order valence-electron chi connectivity index (χ1n) is 5.87. The lowest BCUT2D eigenvalue weighted by molar-refractivity contribution is 1.23. The molecule has 0 saturated heterocycles. The summed E-state index contributed by atoms with van der Waals surface area (Å²) in [7, 11) is 0. The Balaban J connectivity index is 1.98. The summed E-state index contributed by atoms with van der Waals surface area (Å²) in [6.45, 7) is 2.02. The van der Waals surface area contributed by atoms with Gasteiger partial charge in [0.05, 0.1) is 5.52 Å². The Morgan fingerprint density at radius 1 is 0.944 bits per heavy atom. The zero-order valence-electron chi connectivity index (χ0n) is 10.1. The molecule has 0 amide bonds. The number of rotatable bonds is 2. The molecule has 0 aliphatic heterocycles. The summed E-state index contributed by atoms with van der Waals surface area (Å²) >= 11 is 0. The van der Waals surface area contributed by atoms with E-state index < -0.39 is 0 Å². The molecule has 0 fully saturated rings. The van der Waals surface area contributed by atoms with Crippen molar-refractivity contribution in [1.82, 2.24) is 9.97 Å². The number of hydrogen-bond acceptors (Lipinski definition) is 3. The van der Waals surface area contributed by atoms with Gasteiger partial charge >= 0.3 is 0 Å². The van der Waals surface area contributed by atoms with Crippen LogP contribution in [-0.2, 0) is 0 Å². The monoisotopic (exact) mass is 235 g/mol. The van der Waals surface area contributed by atoms with Gasteiger partial charge in [-0.05, 0) is 36.8 Å². The van der Waals surface area contributed by atoms with Gasteiger partial charge in [-0.25, -0.2) is 9.97 Å². The maximum absolute atomic E-state index is 4.56. The minimum absolute atomic E-state index is 0.815. The molecular formula is C15H13N3. The van der Waals surface area contributed by atoms with Crippen LogP contribution in [0.4, 0.5) is 11.6 Å². The fourth-order valence-corrected chi connectivity index (χ4v) is 1.87. The normalized spacial score (nSPS) is 10.5. The molecule has 0 radical (unpaired) electrons. The van der Waals surface area contributed by atoms with Crippen molar-refractivity contribution in [1.29, 1.82) is 0 Å². The second-order valence-corrected chi connectivity index (χ2v) is 4.18. The van der Waals surface area contributed by atoms with Crippen molar-refractivity contribution in [2.24, 2.45) is 0 Å². The lowest BCUT2D eigenvalue weighted by Gasteiger charge is -2.07. The van der Waals surface area contributed by atoms with Crippen LogP contribution >= 0.6 is 0 Å². The van der Waals surface area contributed by atoms with Crippen LogP contribution in [0, 0.1) is 6.92 Å². The molecule has 88 valence electrons. The smallest absolute Gasteiger partial charge is 0.134 e. The van der Waals surface area contributed by atoms with Gasteiger partial charge in [0, 0.05) is 11.6 Å². The van der Waals surface area contributed by atoms with Gasteiger partial charge in [0.2, 0.25) is 0 Å². The van der Waals surface area contributed by atoms with Gasteiger partial charge < -0.3 is 5.32 Å². The molecule has 0 saturated carbocycles. The zero-order chi connectivity index (χ0) is 12.4. The topological polar surface area (TPSA) is 37.8 Å². The first kappa shape index (κ1) is 10.7. The van der Waals surface area contributed by atoms with E-state index in [1.807, 2.05) is 43.3 Å². The van der Waals surface area contributed by atoms with Gasteiger partial charge in [-0.2, -0.15) is 0 Å². The van der Waals surface area contributed by atoms with Crippen LogP contribution in [0.2, 0.25) is 0 Å². The van der Waals surface area contributed by atoms with Crippen molar-refractivity contribution in [3.63, 3.8) is 0 Å². The van der Waals surface area contributed by atoms with E-state index >= 15 is 0 Å². The van der Waals surface area contributed by atoms with E-state index in [0.717, 1.165) is 28.1 Å². The third kappa shape index (κ3) is 2.02. The van der Waals surface area contributed by atoms with Crippen LogP contribution in [-0.4, -0.2) is 9.97 Å². The molecule has 18 heavy (non-hydrogen) atoms. The van der Waals surface area contributed by atoms with Gasteiger partial charge in [0.1, 0.15) is 11.6 Å². The van der Waals surface area contributed by atoms with E-state index in [-0.39, 0.29) is 0 Å². The van der Waals surface area contributed by atoms with E-state index in [9.17, 15) is 0 Å². The Bertz CT molecular complexity index is 692. The predicted molar refractivity (Wildman–Crippen MR) is 74.0 cm³/mol. The summed E-state index contributed by atoms with van der Waals surface area (Å²) in [5.41, 5.74) is 2.09. The van der Waals surface area contributed by atoms with Crippen molar-refractivity contribution in [3.8, 4) is 0 Å². The third-order valence-electron chi connectivity index (χ3n) is 2.85. The van der Waals surface area contributed by atoms with Crippen LogP contribution in [0.25, 0.3) is 10.9 Å². The number of pyridine rings is 2. The Morgan fingerprint density at radius 2 is 1.83 bits per heavy atom. The Labute approximate surface area is 106 Å². The molecule has 3 heteroatoms. The summed E-state index contributed by atoms with van der Waals surface area (Å²) in [6, 6.07) is 16.0. The summed E-state index contributed by atoms with van der Waals surface area (Å²) < 4.78 is 0. The van der Waals surface area contributed by atoms with Gasteiger partial charge in [0.15, 0.2) is 0 Å². The third-order valence-corrected chi connectivity index (χ3v) is 2.85. The van der Waals surface area contributed by atoms with Crippen LogP contribution in [0.15, 0.2) is 54.7 Å². The first-order chi connectivity index (χ1) is 8.83. The molecule has 2 aromatic heterocycles. The minimum atomic E-state index is 0.815. The SMILES string of the molecule is Cc1cccnc1Nc1ccc2ccccc2n1. The van der Waals surface area contributed by atoms with E-state index in [1.54, 1.807) is 6.20 Å². The van der Waals surface area contributed by atoms with Gasteiger partial charge in [-0.3, -0.25) is 0 Å². The Morgan fingerprint density at radius 3 is 2.72 bits per heavy atom. The highest BCUT2D eigenvalue weighted by Gasteiger charge is 2.01. The Kier molecular flexibility index (Phi) is 2.65. The lowest BCUT2D eigenvalue weighted by Crippen LogP contribution is -1.97. The fourth-order valence-electron chi connectivity index (χ4n) is 1.87. The maximum Gasteiger partial charge on any atom is 0.134 e. The van der Waals surface area contributed by atoms with E-state index in [0.29, 0.717) is 0 Å². The molecule has 1 aromatic carbocycles. The van der Waals surface area contributed by atoms with Crippen LogP contribution in [0.1, 0.15) is 5.56 Å². The standard InChI is InChI=1S/C15H13N3/c1-11-5-4-10-16-15(11)18-14-9-8-12-6-2-3-7-13(12)17-14/h2-10H,1H3,(H,16,17,18). The second-order valence-electron chi connectivity index (χ2n) is 4.18. The van der Waals surface area contributed by atoms with Gasteiger partial charge in [-0.1, -0.05) is 24.3 Å². The zero-order valence-corrected chi connectivity index (χ0v) is 10.1. The fraction of sp³-hybridized carbons (Fsp3) is 0.0667. The van der Waals surface area contributed by atoms with Gasteiger partial charge in [-0.15, -0.1) is 0 Å². The number of anilines is 2. The van der Waals surface area contributed by atoms with E-state index in [4.69, 9.17) is 0 Å². The molecule has 0 bridgehead atoms. The number of benzene rings is 1. The van der Waals surface area contributed by atoms with Crippen LogP contribution in [0.3, 0.4) is 0 Å². The summed E-state index contributed by atoms with van der Waals surface area (Å²) in [4.78, 5) is 8.86. The second kappa shape index (κ2) is 4.45. The predicted octanol–water partition coefficient (Wildman–Crippen LogP) is 3.68. The largest absolute Gasteiger partial charge is 0.325 e. The minimum Gasteiger partial charge on any atom is -0.325 e. The lowest BCUT2D eigenvalue weighted by atomic mass is 10.2. The summed E-state index contributed by atoms with van der Waals surface area (Å²) in [6.07, 6.45) is 1.77. The highest BCUT2D eigenvalue weighted by atomic mass is 15.1. The van der Waals surface area contributed by atoms with Crippen molar-refractivity contribution >= 4 is 22.5 Å². The van der Waals surface area contributed by atoms with Crippen molar-refractivity contribution in [2.75, 3.05) is 5.32 Å². The van der Waals surface area contributed by atoms with Gasteiger partial charge in [0.25, 0.3) is 0 Å². The van der Waals surface area contributed by atoms with E-state index in [2.05, 4.69) is 27.4 Å². The molecule has 3 nitrogen and oxygen atoms in total. The van der Waals surface area contributed by atoms with Crippen LogP contribution < -0.4 is 5.32 Å². The van der Waals surface area contributed by atoms with Crippen LogP contribution in [0.5, 0.6) is 0 Å². The number of fused-ring (bicyclic) bond motifs is 1. The summed E-state index contributed by atoms with van der Waals surface area (Å²) in [5, 5.41) is 4.38. The highest BCUT2D eigenvalue weighted by molar-refractivity contribution is 5.80. The molecule has 0 unspecified atom stereocenters. The number of hydrogen-bond donors (Lipinski definition) is 1. The molecule has 0 spiro atoms. The number of para-hydroxylation sites is 1. The highest BCUT2D eigenvalue weighted by Crippen LogP contribution is 2.19. The molecular weight excluding hydrogens is 222 g/mol. The average Bonchev–Trinajstić information content (AvgIpc) is 2.41. The van der Waals surface area contributed by atoms with E-state index in [1.165, 1.54) is 0 Å². The first-order valence-corrected chi connectivity index (χ1v) is 5.87. The maximum atomic E-state index is 4.56. The molecule has 2 heterocycles. The molecule has 1 N–H and O–H groups in total. The molecule has 0 aliphatic carbocycles. The van der Waals surface area contributed by atoms with Crippen molar-refractivity contribution in [2.45, 2.75) is 6.92 Å². The number of aromatic nitrogens is 2. The van der Waals surface area contributed by atoms with Crippen molar-refractivity contribution < 1.29 is 0 Å². The molecule has 0 atom stereocenters. The Hall–Kier alpha value is -2.42. The molecule has 3 aromatic rings. The molecule has 3 rings (SSSR count). The summed E-state index contributed by atoms with van der Waals surface area (Å²) in [5.74, 6) is 1.66. The number of nitrogens with zero attached hydrogens (tertiary/aromatic N) is 2.